The van der Waals surface area contributed by atoms with Crippen molar-refractivity contribution < 1.29 is 4.79 Å². The van der Waals surface area contributed by atoms with Crippen molar-refractivity contribution in [1.29, 1.82) is 0 Å². The molecule has 0 saturated carbocycles. The van der Waals surface area contributed by atoms with Gasteiger partial charge in [-0.2, -0.15) is 0 Å². The van der Waals surface area contributed by atoms with E-state index in [9.17, 15) is 4.79 Å². The number of benzene rings is 1. The van der Waals surface area contributed by atoms with Gasteiger partial charge in [0.1, 0.15) is 0 Å². The quantitative estimate of drug-likeness (QED) is 0.556. The molecule has 12 heavy (non-hydrogen) atoms. The van der Waals surface area contributed by atoms with Gasteiger partial charge in [0.05, 0.1) is 5.68 Å². The fraction of sp³-hybridized carbons (Fsp3) is 0.300. The molecule has 2 radical (unpaired) electrons. The molecule has 0 amide bonds. The van der Waals surface area contributed by atoms with Crippen molar-refractivity contribution in [3.63, 3.8) is 0 Å². The Balaban J connectivity index is 2.27. The molecule has 0 spiro atoms. The lowest BCUT2D eigenvalue weighted by Gasteiger charge is -2.01. The molecule has 0 aliphatic heterocycles. The van der Waals surface area contributed by atoms with Crippen molar-refractivity contribution in [2.24, 2.45) is 5.92 Å². The van der Waals surface area contributed by atoms with Crippen LogP contribution in [0.25, 0.3) is 0 Å². The average molecular weight is 156 g/mol. The highest BCUT2D eigenvalue weighted by Crippen LogP contribution is 2.26. The molecule has 0 N–H and O–H groups in total. The molecule has 0 bridgehead atoms. The third-order valence-electron chi connectivity index (χ3n) is 2.45. The summed E-state index contributed by atoms with van der Waals surface area (Å²) in [6.07, 6.45) is 1.65. The van der Waals surface area contributed by atoms with Crippen molar-refractivity contribution in [2.75, 3.05) is 0 Å². The molecule has 0 saturated heterocycles. The van der Waals surface area contributed by atoms with E-state index in [1.807, 2.05) is 12.1 Å². The molecule has 1 aliphatic rings. The molecule has 0 heterocycles. The Bertz CT molecular complexity index is 294. The summed E-state index contributed by atoms with van der Waals surface area (Å²) in [4.78, 5) is 10.9. The number of hydrogen-bond donors (Lipinski definition) is 0. The van der Waals surface area contributed by atoms with Crippen LogP contribution in [0.2, 0.25) is 0 Å². The van der Waals surface area contributed by atoms with Gasteiger partial charge in [-0.1, -0.05) is 24.3 Å². The zero-order chi connectivity index (χ0) is 8.55. The van der Waals surface area contributed by atoms with Crippen LogP contribution in [-0.2, 0) is 17.6 Å². The first-order chi connectivity index (χ1) is 5.77. The smallest absolute Gasteiger partial charge is 0.168 e. The summed E-state index contributed by atoms with van der Waals surface area (Å²) < 4.78 is 0. The lowest BCUT2D eigenvalue weighted by atomic mass is 9.87. The van der Waals surface area contributed by atoms with Crippen LogP contribution in [0.3, 0.4) is 0 Å². The van der Waals surface area contributed by atoms with Crippen molar-refractivity contribution in [2.45, 2.75) is 12.8 Å². The maximum absolute atomic E-state index is 10.9. The normalized spacial score (nSPS) is 16.0. The van der Waals surface area contributed by atoms with Crippen LogP contribution in [-0.4, -0.2) is 13.5 Å². The molecule has 1 aliphatic carbocycles. The molecule has 0 atom stereocenters. The predicted octanol–water partition coefficient (Wildman–Crippen LogP) is 1.10. The highest BCUT2D eigenvalue weighted by atomic mass is 16.1. The Morgan fingerprint density at radius 3 is 2.17 bits per heavy atom. The fourth-order valence-corrected chi connectivity index (χ4v) is 1.76. The molecule has 2 rings (SSSR count). The molecule has 1 aromatic rings. The van der Waals surface area contributed by atoms with E-state index >= 15 is 0 Å². The Kier molecular flexibility index (Phi) is 1.76. The van der Waals surface area contributed by atoms with Crippen molar-refractivity contribution in [1.82, 2.24) is 0 Å². The van der Waals surface area contributed by atoms with E-state index in [0.29, 0.717) is 0 Å². The van der Waals surface area contributed by atoms with Gasteiger partial charge in [-0.25, -0.2) is 0 Å². The molecular formula is C10H9BO. The van der Waals surface area contributed by atoms with Crippen molar-refractivity contribution >= 4 is 13.5 Å². The van der Waals surface area contributed by atoms with E-state index in [2.05, 4.69) is 12.1 Å². The van der Waals surface area contributed by atoms with E-state index in [0.717, 1.165) is 12.8 Å². The first-order valence-electron chi connectivity index (χ1n) is 4.13. The standard InChI is InChI=1S/C10H9BO/c11-10(12)9-5-7-3-1-2-4-8(7)6-9/h1-4,9H,5-6H2. The van der Waals surface area contributed by atoms with Crippen LogP contribution < -0.4 is 0 Å². The van der Waals surface area contributed by atoms with Gasteiger partial charge < -0.3 is 4.79 Å². The van der Waals surface area contributed by atoms with Gasteiger partial charge in [-0.05, 0) is 24.0 Å². The maximum Gasteiger partial charge on any atom is 0.168 e. The zero-order valence-corrected chi connectivity index (χ0v) is 6.79. The number of fused-ring (bicyclic) bond motifs is 1. The second-order valence-electron chi connectivity index (χ2n) is 3.28. The van der Waals surface area contributed by atoms with Gasteiger partial charge in [0.25, 0.3) is 0 Å². The predicted molar refractivity (Wildman–Crippen MR) is 48.1 cm³/mol. The Labute approximate surface area is 73.2 Å². The molecule has 1 nitrogen and oxygen atoms in total. The number of rotatable bonds is 1. The van der Waals surface area contributed by atoms with E-state index in [1.165, 1.54) is 11.1 Å². The van der Waals surface area contributed by atoms with Gasteiger partial charge in [-0.3, -0.25) is 0 Å². The molecule has 58 valence electrons. The third kappa shape index (κ3) is 1.18. The minimum absolute atomic E-state index is 0.0300. The summed E-state index contributed by atoms with van der Waals surface area (Å²) in [6, 6.07) is 8.14. The molecule has 0 unspecified atom stereocenters. The number of carbonyl (C=O) groups is 1. The summed E-state index contributed by atoms with van der Waals surface area (Å²) in [7, 11) is 5.24. The van der Waals surface area contributed by atoms with E-state index in [-0.39, 0.29) is 11.6 Å². The van der Waals surface area contributed by atoms with Gasteiger partial charge in [0, 0.05) is 5.92 Å². The van der Waals surface area contributed by atoms with Crippen LogP contribution in [0.1, 0.15) is 11.1 Å². The summed E-state index contributed by atoms with van der Waals surface area (Å²) in [5.41, 5.74) is 2.38. The van der Waals surface area contributed by atoms with Crippen LogP contribution in [0.4, 0.5) is 0 Å². The molecule has 1 aromatic carbocycles. The monoisotopic (exact) mass is 156 g/mol. The van der Waals surface area contributed by atoms with Crippen molar-refractivity contribution in [3.8, 4) is 0 Å². The summed E-state index contributed by atoms with van der Waals surface area (Å²) >= 11 is 0. The van der Waals surface area contributed by atoms with Gasteiger partial charge in [-0.15, -0.1) is 0 Å². The van der Waals surface area contributed by atoms with Gasteiger partial charge in [0.15, 0.2) is 7.85 Å². The highest BCUT2D eigenvalue weighted by molar-refractivity contribution is 6.58. The lowest BCUT2D eigenvalue weighted by molar-refractivity contribution is -0.114. The zero-order valence-electron chi connectivity index (χ0n) is 6.79. The second kappa shape index (κ2) is 2.78. The van der Waals surface area contributed by atoms with Crippen molar-refractivity contribution in [3.05, 3.63) is 35.4 Å². The number of hydrogen-bond acceptors (Lipinski definition) is 1. The Morgan fingerprint density at radius 2 is 1.75 bits per heavy atom. The third-order valence-corrected chi connectivity index (χ3v) is 2.45. The van der Waals surface area contributed by atoms with E-state index < -0.39 is 0 Å². The Hall–Kier alpha value is -1.05. The average Bonchev–Trinajstić information content (AvgIpc) is 2.46. The highest BCUT2D eigenvalue weighted by Gasteiger charge is 2.23. The summed E-state index contributed by atoms with van der Waals surface area (Å²) in [6.45, 7) is 0. The fourth-order valence-electron chi connectivity index (χ4n) is 1.76. The maximum atomic E-state index is 10.9. The van der Waals surface area contributed by atoms with Crippen LogP contribution >= 0.6 is 0 Å². The minimum Gasteiger partial charge on any atom is -0.312 e. The van der Waals surface area contributed by atoms with Gasteiger partial charge in [0.2, 0.25) is 0 Å². The van der Waals surface area contributed by atoms with Crippen LogP contribution in [0.15, 0.2) is 24.3 Å². The largest absolute Gasteiger partial charge is 0.312 e. The van der Waals surface area contributed by atoms with Gasteiger partial charge >= 0.3 is 0 Å². The lowest BCUT2D eigenvalue weighted by Crippen LogP contribution is -2.13. The van der Waals surface area contributed by atoms with E-state index in [1.54, 1.807) is 0 Å². The molecule has 0 aromatic heterocycles. The van der Waals surface area contributed by atoms with E-state index in [4.69, 9.17) is 7.85 Å². The molecule has 0 fully saturated rings. The first kappa shape index (κ1) is 7.60. The summed E-state index contributed by atoms with van der Waals surface area (Å²) in [5.74, 6) is 0.0300. The SMILES string of the molecule is [B]C(=O)C1Cc2ccccc2C1. The minimum atomic E-state index is -0.175. The Morgan fingerprint density at radius 1 is 1.25 bits per heavy atom. The number of carbonyl (C=O) groups excluding carboxylic acids is 1. The van der Waals surface area contributed by atoms with Crippen LogP contribution in [0.5, 0.6) is 0 Å². The topological polar surface area (TPSA) is 17.1 Å². The molecular weight excluding hydrogens is 147 g/mol. The summed E-state index contributed by atoms with van der Waals surface area (Å²) in [5, 5.41) is 0. The van der Waals surface area contributed by atoms with Crippen LogP contribution in [0, 0.1) is 5.92 Å². The molecule has 2 heteroatoms. The second-order valence-corrected chi connectivity index (χ2v) is 3.28. The first-order valence-corrected chi connectivity index (χ1v) is 4.13.